The Balaban J connectivity index is 1.76. The average Bonchev–Trinajstić information content (AvgIpc) is 2.83. The second-order valence-corrected chi connectivity index (χ2v) is 8.58. The van der Waals surface area contributed by atoms with Gasteiger partial charge < -0.3 is 5.32 Å². The van der Waals surface area contributed by atoms with E-state index in [0.717, 1.165) is 23.9 Å². The molecule has 0 bridgehead atoms. The predicted molar refractivity (Wildman–Crippen MR) is 78.4 cm³/mol. The lowest BCUT2D eigenvalue weighted by atomic mass is 10.2. The lowest BCUT2D eigenvalue weighted by molar-refractivity contribution is 0.485. The van der Waals surface area contributed by atoms with Gasteiger partial charge in [-0.15, -0.1) is 0 Å². The number of aryl methyl sites for hydroxylation is 1. The van der Waals surface area contributed by atoms with E-state index in [2.05, 4.69) is 24.3 Å². The minimum absolute atomic E-state index is 0.0206. The summed E-state index contributed by atoms with van der Waals surface area (Å²) in [7, 11) is -2.86. The number of hydrogen-bond donors (Lipinski definition) is 1. The quantitative estimate of drug-likeness (QED) is 0.911. The van der Waals surface area contributed by atoms with E-state index in [9.17, 15) is 8.42 Å². The molecule has 3 rings (SSSR count). The maximum absolute atomic E-state index is 11.6. The fourth-order valence-electron chi connectivity index (χ4n) is 3.12. The van der Waals surface area contributed by atoms with Crippen LogP contribution in [-0.4, -0.2) is 35.7 Å². The van der Waals surface area contributed by atoms with Gasteiger partial charge in [0, 0.05) is 23.8 Å². The molecule has 2 aliphatic rings. The first-order valence-electron chi connectivity index (χ1n) is 7.36. The van der Waals surface area contributed by atoms with Crippen molar-refractivity contribution in [1.82, 2.24) is 15.1 Å². The Labute approximate surface area is 120 Å². The Bertz CT molecular complexity index is 621. The third-order valence-corrected chi connectivity index (χ3v) is 6.43. The van der Waals surface area contributed by atoms with Gasteiger partial charge in [0.25, 0.3) is 0 Å². The van der Waals surface area contributed by atoms with Crippen molar-refractivity contribution in [2.45, 2.75) is 52.2 Å². The van der Waals surface area contributed by atoms with Gasteiger partial charge in [0.1, 0.15) is 0 Å². The maximum Gasteiger partial charge on any atom is 0.152 e. The summed E-state index contributed by atoms with van der Waals surface area (Å²) in [4.78, 5) is 0. The standard InChI is InChI=1S/C14H23N3O2S/c1-9-6-14(9)15-7-13-10(2)16-17(11(13)3)12-4-5-20(18,19)8-12/h9,12,14-15H,4-8H2,1-3H3. The third kappa shape index (κ3) is 2.63. The molecule has 3 atom stereocenters. The highest BCUT2D eigenvalue weighted by atomic mass is 32.2. The summed E-state index contributed by atoms with van der Waals surface area (Å²) in [6.07, 6.45) is 1.95. The van der Waals surface area contributed by atoms with Crippen LogP contribution in [0, 0.1) is 19.8 Å². The molecule has 0 spiro atoms. The molecule has 112 valence electrons. The zero-order valence-electron chi connectivity index (χ0n) is 12.4. The molecule has 1 N–H and O–H groups in total. The van der Waals surface area contributed by atoms with Crippen LogP contribution in [0.2, 0.25) is 0 Å². The van der Waals surface area contributed by atoms with Crippen molar-refractivity contribution in [2.24, 2.45) is 5.92 Å². The molecule has 3 unspecified atom stereocenters. The highest BCUT2D eigenvalue weighted by Gasteiger charge is 2.33. The van der Waals surface area contributed by atoms with E-state index in [0.29, 0.717) is 18.2 Å². The van der Waals surface area contributed by atoms with Crippen molar-refractivity contribution in [2.75, 3.05) is 11.5 Å². The molecule has 0 aromatic carbocycles. The van der Waals surface area contributed by atoms with Crippen molar-refractivity contribution < 1.29 is 8.42 Å². The normalized spacial score (nSPS) is 31.6. The number of aromatic nitrogens is 2. The van der Waals surface area contributed by atoms with Crippen LogP contribution in [0.3, 0.4) is 0 Å². The molecule has 2 fully saturated rings. The molecule has 5 nitrogen and oxygen atoms in total. The number of hydrogen-bond acceptors (Lipinski definition) is 4. The third-order valence-electron chi connectivity index (χ3n) is 4.68. The highest BCUT2D eigenvalue weighted by Crippen LogP contribution is 2.30. The molecule has 0 amide bonds. The summed E-state index contributed by atoms with van der Waals surface area (Å²) >= 11 is 0. The summed E-state index contributed by atoms with van der Waals surface area (Å²) < 4.78 is 25.2. The van der Waals surface area contributed by atoms with E-state index < -0.39 is 9.84 Å². The lowest BCUT2D eigenvalue weighted by Crippen LogP contribution is -2.18. The number of rotatable bonds is 4. The average molecular weight is 297 g/mol. The van der Waals surface area contributed by atoms with Crippen LogP contribution >= 0.6 is 0 Å². The van der Waals surface area contributed by atoms with Crippen molar-refractivity contribution in [3.63, 3.8) is 0 Å². The van der Waals surface area contributed by atoms with Crippen LogP contribution in [0.5, 0.6) is 0 Å². The SMILES string of the molecule is Cc1nn(C2CCS(=O)(=O)C2)c(C)c1CNC1CC1C. The number of nitrogens with one attached hydrogen (secondary N) is 1. The molecule has 6 heteroatoms. The smallest absolute Gasteiger partial charge is 0.152 e. The zero-order valence-corrected chi connectivity index (χ0v) is 13.2. The van der Waals surface area contributed by atoms with E-state index in [1.807, 2.05) is 11.6 Å². The predicted octanol–water partition coefficient (Wildman–Crippen LogP) is 1.36. The summed E-state index contributed by atoms with van der Waals surface area (Å²) in [6, 6.07) is 0.663. The first kappa shape index (κ1) is 14.1. The summed E-state index contributed by atoms with van der Waals surface area (Å²) in [5.74, 6) is 1.32. The van der Waals surface area contributed by atoms with Crippen LogP contribution in [0.25, 0.3) is 0 Å². The summed E-state index contributed by atoms with van der Waals surface area (Å²) in [6.45, 7) is 7.16. The van der Waals surface area contributed by atoms with Crippen molar-refractivity contribution in [3.05, 3.63) is 17.0 Å². The second kappa shape index (κ2) is 4.84. The van der Waals surface area contributed by atoms with Crippen LogP contribution in [-0.2, 0) is 16.4 Å². The van der Waals surface area contributed by atoms with E-state index >= 15 is 0 Å². The van der Waals surface area contributed by atoms with Gasteiger partial charge in [-0.05, 0) is 32.6 Å². The van der Waals surface area contributed by atoms with Gasteiger partial charge in [-0.25, -0.2) is 8.42 Å². The monoisotopic (exact) mass is 297 g/mol. The minimum atomic E-state index is -2.86. The van der Waals surface area contributed by atoms with Crippen LogP contribution in [0.15, 0.2) is 0 Å². The van der Waals surface area contributed by atoms with Gasteiger partial charge in [-0.2, -0.15) is 5.10 Å². The lowest BCUT2D eigenvalue weighted by Gasteiger charge is -2.11. The second-order valence-electron chi connectivity index (χ2n) is 6.35. The summed E-state index contributed by atoms with van der Waals surface area (Å²) in [5.41, 5.74) is 3.37. The molecule has 0 radical (unpaired) electrons. The van der Waals surface area contributed by atoms with Gasteiger partial charge in [0.15, 0.2) is 9.84 Å². The molecule has 1 aliphatic carbocycles. The number of nitrogens with zero attached hydrogens (tertiary/aromatic N) is 2. The topological polar surface area (TPSA) is 64.0 Å². The van der Waals surface area contributed by atoms with E-state index in [1.54, 1.807) is 0 Å². The van der Waals surface area contributed by atoms with Crippen molar-refractivity contribution >= 4 is 9.84 Å². The Morgan fingerprint density at radius 1 is 1.40 bits per heavy atom. The van der Waals surface area contributed by atoms with E-state index in [1.165, 1.54) is 12.0 Å². The molecule has 20 heavy (non-hydrogen) atoms. The molecule has 1 aliphatic heterocycles. The van der Waals surface area contributed by atoms with Crippen LogP contribution in [0.4, 0.5) is 0 Å². The van der Waals surface area contributed by atoms with Crippen LogP contribution < -0.4 is 5.32 Å². The Hall–Kier alpha value is -0.880. The van der Waals surface area contributed by atoms with Crippen LogP contribution in [0.1, 0.15) is 42.8 Å². The first-order valence-corrected chi connectivity index (χ1v) is 9.18. The van der Waals surface area contributed by atoms with Gasteiger partial charge in [0.05, 0.1) is 23.2 Å². The van der Waals surface area contributed by atoms with Gasteiger partial charge in [-0.3, -0.25) is 4.68 Å². The van der Waals surface area contributed by atoms with Gasteiger partial charge >= 0.3 is 0 Å². The largest absolute Gasteiger partial charge is 0.310 e. The molecule has 1 saturated carbocycles. The zero-order chi connectivity index (χ0) is 14.5. The number of sulfone groups is 1. The van der Waals surface area contributed by atoms with Gasteiger partial charge in [-0.1, -0.05) is 6.92 Å². The molecular weight excluding hydrogens is 274 g/mol. The Morgan fingerprint density at radius 2 is 2.10 bits per heavy atom. The molecular formula is C14H23N3O2S. The Morgan fingerprint density at radius 3 is 2.65 bits per heavy atom. The fraction of sp³-hybridized carbons (Fsp3) is 0.786. The maximum atomic E-state index is 11.6. The molecule has 1 aromatic heterocycles. The first-order chi connectivity index (χ1) is 9.37. The minimum Gasteiger partial charge on any atom is -0.310 e. The molecule has 1 saturated heterocycles. The fourth-order valence-corrected chi connectivity index (χ4v) is 4.81. The van der Waals surface area contributed by atoms with Gasteiger partial charge in [0.2, 0.25) is 0 Å². The highest BCUT2D eigenvalue weighted by molar-refractivity contribution is 7.91. The molecule has 1 aromatic rings. The summed E-state index contributed by atoms with van der Waals surface area (Å²) in [5, 5.41) is 8.14. The molecule has 2 heterocycles. The van der Waals surface area contributed by atoms with Crippen molar-refractivity contribution in [1.29, 1.82) is 0 Å². The van der Waals surface area contributed by atoms with E-state index in [4.69, 9.17) is 0 Å². The Kier molecular flexibility index (Phi) is 3.41. The van der Waals surface area contributed by atoms with E-state index in [-0.39, 0.29) is 11.8 Å². The van der Waals surface area contributed by atoms with Crippen molar-refractivity contribution in [3.8, 4) is 0 Å².